The molecular formula is C32H25N2O+. The highest BCUT2D eigenvalue weighted by molar-refractivity contribution is 6.17. The SMILES string of the molecule is Cc1ccc(-c2c(C)cc(C)c3c2oc2c(-c4cccc5ccccc45)c(C#N)ccc23)[n+](C)c1. The van der Waals surface area contributed by atoms with Crippen LogP contribution in [0.3, 0.4) is 0 Å². The Morgan fingerprint density at radius 2 is 1.57 bits per heavy atom. The Morgan fingerprint density at radius 3 is 2.37 bits per heavy atom. The molecule has 168 valence electrons. The van der Waals surface area contributed by atoms with Crippen LogP contribution in [-0.4, -0.2) is 0 Å². The molecule has 2 heterocycles. The molecule has 0 aliphatic heterocycles. The Hall–Kier alpha value is -4.42. The number of nitriles is 1. The third kappa shape index (κ3) is 3.15. The normalized spacial score (nSPS) is 11.4. The quantitative estimate of drug-likeness (QED) is 0.252. The number of aryl methyl sites for hydroxylation is 4. The van der Waals surface area contributed by atoms with Crippen LogP contribution < -0.4 is 4.57 Å². The third-order valence-corrected chi connectivity index (χ3v) is 7.02. The van der Waals surface area contributed by atoms with Crippen LogP contribution in [-0.2, 0) is 7.05 Å². The van der Waals surface area contributed by atoms with E-state index in [0.717, 1.165) is 55.1 Å². The van der Waals surface area contributed by atoms with Crippen LogP contribution in [0, 0.1) is 32.1 Å². The number of pyridine rings is 1. The fourth-order valence-electron chi connectivity index (χ4n) is 5.50. The smallest absolute Gasteiger partial charge is 0.216 e. The molecule has 3 nitrogen and oxygen atoms in total. The van der Waals surface area contributed by atoms with Gasteiger partial charge in [0.2, 0.25) is 5.69 Å². The van der Waals surface area contributed by atoms with Gasteiger partial charge in [0.15, 0.2) is 6.20 Å². The first-order chi connectivity index (χ1) is 17.0. The first-order valence-corrected chi connectivity index (χ1v) is 11.8. The molecule has 0 spiro atoms. The first kappa shape index (κ1) is 21.1. The average Bonchev–Trinajstić information content (AvgIpc) is 3.24. The minimum Gasteiger partial charge on any atom is -0.454 e. The van der Waals surface area contributed by atoms with Crippen molar-refractivity contribution >= 4 is 32.7 Å². The number of rotatable bonds is 2. The van der Waals surface area contributed by atoms with Crippen molar-refractivity contribution in [1.82, 2.24) is 0 Å². The molecule has 3 heteroatoms. The highest BCUT2D eigenvalue weighted by Gasteiger charge is 2.25. The number of hydrogen-bond acceptors (Lipinski definition) is 2. The van der Waals surface area contributed by atoms with Crippen LogP contribution in [0.4, 0.5) is 0 Å². The molecule has 0 bridgehead atoms. The maximum atomic E-state index is 10.1. The summed E-state index contributed by atoms with van der Waals surface area (Å²) >= 11 is 0. The van der Waals surface area contributed by atoms with Crippen molar-refractivity contribution in [3.05, 3.63) is 101 Å². The van der Waals surface area contributed by atoms with E-state index < -0.39 is 0 Å². The van der Waals surface area contributed by atoms with Gasteiger partial charge in [-0.3, -0.25) is 0 Å². The van der Waals surface area contributed by atoms with E-state index in [1.807, 2.05) is 30.3 Å². The summed E-state index contributed by atoms with van der Waals surface area (Å²) in [6, 6.07) is 27.5. The lowest BCUT2D eigenvalue weighted by atomic mass is 9.92. The highest BCUT2D eigenvalue weighted by atomic mass is 16.3. The van der Waals surface area contributed by atoms with E-state index in [4.69, 9.17) is 4.42 Å². The molecule has 35 heavy (non-hydrogen) atoms. The molecule has 2 aromatic heterocycles. The van der Waals surface area contributed by atoms with E-state index in [2.05, 4.69) is 87.1 Å². The van der Waals surface area contributed by atoms with Crippen LogP contribution in [0.15, 0.2) is 83.4 Å². The Labute approximate surface area is 204 Å². The topological polar surface area (TPSA) is 40.8 Å². The van der Waals surface area contributed by atoms with Gasteiger partial charge in [-0.15, -0.1) is 0 Å². The maximum absolute atomic E-state index is 10.1. The number of aromatic nitrogens is 1. The molecule has 0 N–H and O–H groups in total. The molecule has 0 saturated heterocycles. The molecular weight excluding hydrogens is 428 g/mol. The number of hydrogen-bond donors (Lipinski definition) is 0. The second kappa shape index (κ2) is 7.82. The summed E-state index contributed by atoms with van der Waals surface area (Å²) in [5, 5.41) is 14.5. The molecule has 0 aliphatic rings. The maximum Gasteiger partial charge on any atom is 0.216 e. The van der Waals surface area contributed by atoms with Crippen LogP contribution in [0.2, 0.25) is 0 Å². The number of fused-ring (bicyclic) bond motifs is 4. The Bertz CT molecular complexity index is 1850. The Balaban J connectivity index is 1.79. The van der Waals surface area contributed by atoms with Gasteiger partial charge in [-0.05, 0) is 66.4 Å². The van der Waals surface area contributed by atoms with Gasteiger partial charge in [0, 0.05) is 28.0 Å². The molecule has 0 aliphatic carbocycles. The van der Waals surface area contributed by atoms with Crippen molar-refractivity contribution in [3.63, 3.8) is 0 Å². The molecule has 0 radical (unpaired) electrons. The van der Waals surface area contributed by atoms with Gasteiger partial charge >= 0.3 is 0 Å². The zero-order valence-electron chi connectivity index (χ0n) is 20.3. The zero-order valence-corrected chi connectivity index (χ0v) is 20.3. The van der Waals surface area contributed by atoms with Crippen molar-refractivity contribution in [1.29, 1.82) is 5.26 Å². The Morgan fingerprint density at radius 1 is 0.771 bits per heavy atom. The van der Waals surface area contributed by atoms with E-state index in [1.165, 1.54) is 16.7 Å². The van der Waals surface area contributed by atoms with Crippen molar-refractivity contribution in [2.24, 2.45) is 7.05 Å². The number of furan rings is 1. The van der Waals surface area contributed by atoms with Gasteiger partial charge in [-0.2, -0.15) is 5.26 Å². The second-order valence-electron chi connectivity index (χ2n) is 9.40. The number of nitrogens with zero attached hydrogens (tertiary/aromatic N) is 2. The minimum absolute atomic E-state index is 0.615. The highest BCUT2D eigenvalue weighted by Crippen LogP contribution is 2.44. The molecule has 0 atom stereocenters. The summed E-state index contributed by atoms with van der Waals surface area (Å²) in [6.07, 6.45) is 2.14. The fraction of sp³-hybridized carbons (Fsp3) is 0.125. The lowest BCUT2D eigenvalue weighted by Gasteiger charge is -2.09. The van der Waals surface area contributed by atoms with Crippen LogP contribution in [0.1, 0.15) is 22.3 Å². The fourth-order valence-corrected chi connectivity index (χ4v) is 5.50. The summed E-state index contributed by atoms with van der Waals surface area (Å²) in [4.78, 5) is 0. The van der Waals surface area contributed by atoms with E-state index in [9.17, 15) is 5.26 Å². The average molecular weight is 454 g/mol. The van der Waals surface area contributed by atoms with Gasteiger partial charge in [0.25, 0.3) is 0 Å². The predicted molar refractivity (Wildman–Crippen MR) is 142 cm³/mol. The van der Waals surface area contributed by atoms with Gasteiger partial charge in [0.1, 0.15) is 18.2 Å². The molecule has 0 unspecified atom stereocenters. The standard InChI is InChI=1S/C32H25N2O/c1-19-12-15-27(34(4)18-19)29-21(3)16-20(2)28-26-14-13-23(17-33)30(31(26)35-32(28)29)25-11-7-9-22-8-5-6-10-24(22)25/h5-16,18H,1-4H3/q+1. The van der Waals surface area contributed by atoms with Crippen LogP contribution >= 0.6 is 0 Å². The molecule has 6 rings (SSSR count). The van der Waals surface area contributed by atoms with Crippen LogP contribution in [0.5, 0.6) is 0 Å². The summed E-state index contributed by atoms with van der Waals surface area (Å²) in [6.45, 7) is 6.38. The second-order valence-corrected chi connectivity index (χ2v) is 9.40. The van der Waals surface area contributed by atoms with Crippen molar-refractivity contribution in [2.75, 3.05) is 0 Å². The van der Waals surface area contributed by atoms with Crippen LogP contribution in [0.25, 0.3) is 55.1 Å². The van der Waals surface area contributed by atoms with Gasteiger partial charge in [-0.1, -0.05) is 48.5 Å². The van der Waals surface area contributed by atoms with Crippen molar-refractivity contribution in [3.8, 4) is 28.5 Å². The summed E-state index contributed by atoms with van der Waals surface area (Å²) < 4.78 is 8.96. The summed E-state index contributed by atoms with van der Waals surface area (Å²) in [5.41, 5.74) is 9.85. The molecule has 6 aromatic rings. The van der Waals surface area contributed by atoms with Crippen molar-refractivity contribution < 1.29 is 8.98 Å². The third-order valence-electron chi connectivity index (χ3n) is 7.02. The zero-order chi connectivity index (χ0) is 24.3. The van der Waals surface area contributed by atoms with Gasteiger partial charge in [0.05, 0.1) is 17.2 Å². The van der Waals surface area contributed by atoms with E-state index >= 15 is 0 Å². The lowest BCUT2D eigenvalue weighted by molar-refractivity contribution is -0.660. The predicted octanol–water partition coefficient (Wildman–Crippen LogP) is 7.69. The first-order valence-electron chi connectivity index (χ1n) is 11.8. The minimum atomic E-state index is 0.615. The largest absolute Gasteiger partial charge is 0.454 e. The lowest BCUT2D eigenvalue weighted by Crippen LogP contribution is -2.31. The van der Waals surface area contributed by atoms with E-state index in [-0.39, 0.29) is 0 Å². The molecule has 0 saturated carbocycles. The molecule has 0 fully saturated rings. The number of benzene rings is 4. The van der Waals surface area contributed by atoms with Gasteiger partial charge in [-0.25, -0.2) is 4.57 Å². The molecule has 0 amide bonds. The monoisotopic (exact) mass is 453 g/mol. The summed E-state index contributed by atoms with van der Waals surface area (Å²) in [5.74, 6) is 0. The van der Waals surface area contributed by atoms with E-state index in [1.54, 1.807) is 0 Å². The van der Waals surface area contributed by atoms with Crippen molar-refractivity contribution in [2.45, 2.75) is 20.8 Å². The summed E-state index contributed by atoms with van der Waals surface area (Å²) in [7, 11) is 2.07. The molecule has 4 aromatic carbocycles. The van der Waals surface area contributed by atoms with E-state index in [0.29, 0.717) is 5.56 Å². The Kier molecular flexibility index (Phi) is 4.72. The van der Waals surface area contributed by atoms with Gasteiger partial charge < -0.3 is 4.42 Å².